The van der Waals surface area contributed by atoms with Crippen molar-refractivity contribution >= 4 is 45.8 Å². The van der Waals surface area contributed by atoms with E-state index in [1.54, 1.807) is 6.08 Å². The monoisotopic (exact) mass is 421 g/mol. The molecule has 2 aliphatic heterocycles. The number of nitrogens with zero attached hydrogens (tertiary/aromatic N) is 3. The molecule has 154 valence electrons. The van der Waals surface area contributed by atoms with E-state index in [2.05, 4.69) is 5.92 Å². The summed E-state index contributed by atoms with van der Waals surface area (Å²) in [5.74, 6) is 2.08. The van der Waals surface area contributed by atoms with Crippen LogP contribution in [0.5, 0.6) is 0 Å². The molecule has 0 radical (unpaired) electrons. The Morgan fingerprint density at radius 1 is 1.13 bits per heavy atom. The minimum atomic E-state index is -0.375. The second-order valence-corrected chi connectivity index (χ2v) is 8.49. The van der Waals surface area contributed by atoms with Crippen LogP contribution in [0.15, 0.2) is 35.4 Å². The van der Waals surface area contributed by atoms with Crippen molar-refractivity contribution < 1.29 is 14.4 Å². The van der Waals surface area contributed by atoms with Gasteiger partial charge in [-0.2, -0.15) is 0 Å². The van der Waals surface area contributed by atoms with Crippen molar-refractivity contribution in [3.8, 4) is 12.3 Å². The van der Waals surface area contributed by atoms with E-state index in [0.717, 1.165) is 59.1 Å². The maximum atomic E-state index is 12.9. The van der Waals surface area contributed by atoms with E-state index in [1.165, 1.54) is 12.8 Å². The van der Waals surface area contributed by atoms with Crippen molar-refractivity contribution in [2.75, 3.05) is 19.6 Å². The number of aromatic nitrogens is 1. The largest absolute Gasteiger partial charge is 0.341 e. The standard InChI is InChI=1S/C23H23N3O3S/c1-2-11-26-22(28)20(30-23(26)29)14-17-15-25(19-10-6-5-9-18(17)19)16-21(27)24-12-7-3-4-8-13-24/h1,5-6,9-10,14-15H,3-4,7-8,11-13,16H2/b20-14-. The Morgan fingerprint density at radius 2 is 1.87 bits per heavy atom. The normalized spacial score (nSPS) is 18.8. The molecule has 1 aromatic heterocycles. The van der Waals surface area contributed by atoms with Gasteiger partial charge in [0.2, 0.25) is 5.91 Å². The third-order valence-corrected chi connectivity index (χ3v) is 6.40. The topological polar surface area (TPSA) is 62.6 Å². The van der Waals surface area contributed by atoms with Gasteiger partial charge in [0, 0.05) is 35.8 Å². The van der Waals surface area contributed by atoms with Crippen LogP contribution in [0.25, 0.3) is 17.0 Å². The SMILES string of the molecule is C#CCN1C(=O)S/C(=C\c2cn(CC(=O)N3CCCCCC3)c3ccccc23)C1=O. The molecule has 2 saturated heterocycles. The fourth-order valence-electron chi connectivity index (χ4n) is 3.96. The van der Waals surface area contributed by atoms with Gasteiger partial charge in [-0.05, 0) is 36.7 Å². The molecule has 2 fully saturated rings. The number of fused-ring (bicyclic) bond motifs is 1. The van der Waals surface area contributed by atoms with Gasteiger partial charge in [0.15, 0.2) is 0 Å². The minimum Gasteiger partial charge on any atom is -0.341 e. The first-order chi connectivity index (χ1) is 14.6. The number of benzene rings is 1. The number of hydrogen-bond acceptors (Lipinski definition) is 4. The van der Waals surface area contributed by atoms with Crippen LogP contribution < -0.4 is 0 Å². The summed E-state index contributed by atoms with van der Waals surface area (Å²) in [5.41, 5.74) is 1.73. The molecule has 1 aromatic carbocycles. The van der Waals surface area contributed by atoms with Crippen LogP contribution in [0.2, 0.25) is 0 Å². The van der Waals surface area contributed by atoms with E-state index < -0.39 is 0 Å². The number of amides is 3. The maximum Gasteiger partial charge on any atom is 0.294 e. The van der Waals surface area contributed by atoms with E-state index >= 15 is 0 Å². The van der Waals surface area contributed by atoms with Gasteiger partial charge in [0.05, 0.1) is 11.4 Å². The van der Waals surface area contributed by atoms with E-state index in [0.29, 0.717) is 4.91 Å². The zero-order valence-electron chi connectivity index (χ0n) is 16.7. The number of carbonyl (C=O) groups is 3. The van der Waals surface area contributed by atoms with Crippen LogP contribution in [0.4, 0.5) is 4.79 Å². The number of hydrogen-bond donors (Lipinski definition) is 0. The summed E-state index contributed by atoms with van der Waals surface area (Å²) < 4.78 is 1.93. The predicted octanol–water partition coefficient (Wildman–Crippen LogP) is 3.71. The lowest BCUT2D eigenvalue weighted by molar-refractivity contribution is -0.131. The lowest BCUT2D eigenvalue weighted by Gasteiger charge is -2.20. The Balaban J connectivity index is 1.63. The van der Waals surface area contributed by atoms with Crippen molar-refractivity contribution in [1.82, 2.24) is 14.4 Å². The first kappa shape index (κ1) is 20.3. The molecule has 0 bridgehead atoms. The van der Waals surface area contributed by atoms with Crippen LogP contribution in [-0.4, -0.2) is 51.1 Å². The molecule has 3 heterocycles. The highest BCUT2D eigenvalue weighted by atomic mass is 32.2. The summed E-state index contributed by atoms with van der Waals surface area (Å²) in [6, 6.07) is 7.77. The third kappa shape index (κ3) is 4.01. The Hall–Kier alpha value is -2.98. The predicted molar refractivity (Wildman–Crippen MR) is 118 cm³/mol. The summed E-state index contributed by atoms with van der Waals surface area (Å²) in [5, 5.41) is 0.578. The Bertz CT molecular complexity index is 1070. The average Bonchev–Trinajstić information content (AvgIpc) is 3.06. The number of likely N-dealkylation sites (tertiary alicyclic amines) is 1. The summed E-state index contributed by atoms with van der Waals surface area (Å²) in [4.78, 5) is 40.8. The summed E-state index contributed by atoms with van der Waals surface area (Å²) >= 11 is 0.892. The zero-order chi connectivity index (χ0) is 21.1. The molecule has 3 amide bonds. The van der Waals surface area contributed by atoms with E-state index in [9.17, 15) is 14.4 Å². The van der Waals surface area contributed by atoms with Crippen LogP contribution in [0.1, 0.15) is 31.2 Å². The van der Waals surface area contributed by atoms with E-state index in [4.69, 9.17) is 6.42 Å². The Morgan fingerprint density at radius 3 is 2.60 bits per heavy atom. The van der Waals surface area contributed by atoms with Gasteiger partial charge >= 0.3 is 0 Å². The molecule has 30 heavy (non-hydrogen) atoms. The average molecular weight is 422 g/mol. The molecule has 0 saturated carbocycles. The van der Waals surface area contributed by atoms with Gasteiger partial charge in [0.25, 0.3) is 11.1 Å². The Labute approximate surface area is 179 Å². The molecule has 0 unspecified atom stereocenters. The molecule has 0 atom stereocenters. The number of rotatable bonds is 4. The summed E-state index contributed by atoms with van der Waals surface area (Å²) in [6.07, 6.45) is 13.3. The smallest absolute Gasteiger partial charge is 0.294 e. The first-order valence-electron chi connectivity index (χ1n) is 10.1. The van der Waals surface area contributed by atoms with Gasteiger partial charge in [-0.15, -0.1) is 6.42 Å². The molecule has 2 aromatic rings. The van der Waals surface area contributed by atoms with Gasteiger partial charge in [-0.3, -0.25) is 19.3 Å². The molecular formula is C23H23N3O3S. The van der Waals surface area contributed by atoms with Gasteiger partial charge in [0.1, 0.15) is 6.54 Å². The van der Waals surface area contributed by atoms with Crippen molar-refractivity contribution in [1.29, 1.82) is 0 Å². The molecule has 0 N–H and O–H groups in total. The van der Waals surface area contributed by atoms with E-state index in [1.807, 2.05) is 39.9 Å². The highest BCUT2D eigenvalue weighted by Gasteiger charge is 2.34. The van der Waals surface area contributed by atoms with E-state index in [-0.39, 0.29) is 30.1 Å². The second kappa shape index (κ2) is 8.80. The first-order valence-corrected chi connectivity index (χ1v) is 10.9. The molecule has 6 nitrogen and oxygen atoms in total. The van der Waals surface area contributed by atoms with Crippen molar-refractivity contribution in [2.24, 2.45) is 0 Å². The minimum absolute atomic E-state index is 0.0336. The molecule has 7 heteroatoms. The fourth-order valence-corrected chi connectivity index (χ4v) is 4.78. The molecule has 2 aliphatic rings. The van der Waals surface area contributed by atoms with Crippen molar-refractivity contribution in [2.45, 2.75) is 32.2 Å². The van der Waals surface area contributed by atoms with Gasteiger partial charge in [-0.1, -0.05) is 37.0 Å². The maximum absolute atomic E-state index is 12.9. The molecule has 0 spiro atoms. The zero-order valence-corrected chi connectivity index (χ0v) is 17.5. The van der Waals surface area contributed by atoms with Crippen molar-refractivity contribution in [3.63, 3.8) is 0 Å². The van der Waals surface area contributed by atoms with Crippen LogP contribution >= 0.6 is 11.8 Å². The lowest BCUT2D eigenvalue weighted by Crippen LogP contribution is -2.34. The van der Waals surface area contributed by atoms with Gasteiger partial charge < -0.3 is 9.47 Å². The van der Waals surface area contributed by atoms with Crippen LogP contribution in [0, 0.1) is 12.3 Å². The Kier molecular flexibility index (Phi) is 5.96. The molecular weight excluding hydrogens is 398 g/mol. The second-order valence-electron chi connectivity index (χ2n) is 7.50. The number of terminal acetylenes is 1. The van der Waals surface area contributed by atoms with Gasteiger partial charge in [-0.25, -0.2) is 0 Å². The number of thioether (sulfide) groups is 1. The molecule has 0 aliphatic carbocycles. The highest BCUT2D eigenvalue weighted by Crippen LogP contribution is 2.34. The molecule has 4 rings (SSSR count). The third-order valence-electron chi connectivity index (χ3n) is 5.49. The lowest BCUT2D eigenvalue weighted by atomic mass is 10.1. The highest BCUT2D eigenvalue weighted by molar-refractivity contribution is 8.18. The fraction of sp³-hybridized carbons (Fsp3) is 0.348. The van der Waals surface area contributed by atoms with Crippen molar-refractivity contribution in [3.05, 3.63) is 40.9 Å². The number of carbonyl (C=O) groups excluding carboxylic acids is 3. The number of imide groups is 1. The summed E-state index contributed by atoms with van der Waals surface area (Å²) in [6.45, 7) is 1.85. The van der Waals surface area contributed by atoms with Crippen LogP contribution in [0.3, 0.4) is 0 Å². The number of para-hydroxylation sites is 1. The van der Waals surface area contributed by atoms with Crippen LogP contribution in [-0.2, 0) is 16.1 Å². The summed E-state index contributed by atoms with van der Waals surface area (Å²) in [7, 11) is 0. The quantitative estimate of drug-likeness (QED) is 0.558.